The van der Waals surface area contributed by atoms with Gasteiger partial charge in [0, 0.05) is 26.6 Å². The number of hydrogen-bond acceptors (Lipinski definition) is 3. The van der Waals surface area contributed by atoms with Crippen molar-refractivity contribution in [3.8, 4) is 0 Å². The minimum absolute atomic E-state index is 0.0180. The van der Waals surface area contributed by atoms with E-state index in [1.54, 1.807) is 7.05 Å². The molecule has 1 N–H and O–H groups in total. The van der Waals surface area contributed by atoms with E-state index < -0.39 is 5.97 Å². The second-order valence-corrected chi connectivity index (χ2v) is 4.91. The molecule has 1 aromatic carbocycles. The normalized spacial score (nSPS) is 10.3. The Labute approximate surface area is 125 Å². The Morgan fingerprint density at radius 3 is 2.52 bits per heavy atom. The summed E-state index contributed by atoms with van der Waals surface area (Å²) < 4.78 is 5.50. The van der Waals surface area contributed by atoms with Gasteiger partial charge in [0.05, 0.1) is 13.0 Å². The van der Waals surface area contributed by atoms with E-state index in [-0.39, 0.29) is 18.9 Å². The number of aliphatic carboxylic acids is 1. The average molecular weight is 293 g/mol. The lowest BCUT2D eigenvalue weighted by Gasteiger charge is -2.15. The van der Waals surface area contributed by atoms with Gasteiger partial charge in [-0.15, -0.1) is 0 Å². The lowest BCUT2D eigenvalue weighted by atomic mass is 10.2. The number of carbonyl (C=O) groups excluding carboxylic acids is 1. The molecule has 0 aromatic heterocycles. The topological polar surface area (TPSA) is 66.8 Å². The molecular formula is C16H23NO4. The van der Waals surface area contributed by atoms with E-state index in [1.807, 2.05) is 18.2 Å². The van der Waals surface area contributed by atoms with Crippen molar-refractivity contribution >= 4 is 11.9 Å². The van der Waals surface area contributed by atoms with Gasteiger partial charge < -0.3 is 14.7 Å². The molecule has 0 atom stereocenters. The molecule has 0 radical (unpaired) electrons. The third-order valence-corrected chi connectivity index (χ3v) is 3.14. The summed E-state index contributed by atoms with van der Waals surface area (Å²) in [4.78, 5) is 23.6. The molecule has 5 nitrogen and oxygen atoms in total. The number of carbonyl (C=O) groups is 2. The molecule has 0 aliphatic carbocycles. The number of carboxylic acids is 1. The second-order valence-electron chi connectivity index (χ2n) is 4.91. The summed E-state index contributed by atoms with van der Waals surface area (Å²) in [7, 11) is 1.63. The van der Waals surface area contributed by atoms with Gasteiger partial charge in [0.2, 0.25) is 5.91 Å². The van der Waals surface area contributed by atoms with Crippen LogP contribution >= 0.6 is 0 Å². The van der Waals surface area contributed by atoms with Gasteiger partial charge in [-0.1, -0.05) is 30.3 Å². The molecule has 0 heterocycles. The molecule has 0 aliphatic rings. The van der Waals surface area contributed by atoms with Gasteiger partial charge in [0.25, 0.3) is 0 Å². The van der Waals surface area contributed by atoms with Crippen molar-refractivity contribution in [2.45, 2.75) is 25.7 Å². The van der Waals surface area contributed by atoms with Crippen LogP contribution in [0.1, 0.15) is 24.8 Å². The first-order valence-electron chi connectivity index (χ1n) is 7.17. The van der Waals surface area contributed by atoms with Gasteiger partial charge >= 0.3 is 5.97 Å². The summed E-state index contributed by atoms with van der Waals surface area (Å²) in [6.45, 7) is 1.45. The van der Waals surface area contributed by atoms with E-state index >= 15 is 0 Å². The minimum Gasteiger partial charge on any atom is -0.481 e. The Morgan fingerprint density at radius 2 is 1.86 bits per heavy atom. The van der Waals surface area contributed by atoms with Crippen LogP contribution in [-0.4, -0.2) is 48.7 Å². The maximum Gasteiger partial charge on any atom is 0.305 e. The van der Waals surface area contributed by atoms with Crippen molar-refractivity contribution in [3.63, 3.8) is 0 Å². The maximum atomic E-state index is 11.7. The van der Waals surface area contributed by atoms with Crippen LogP contribution in [0.5, 0.6) is 0 Å². The third kappa shape index (κ3) is 8.09. The zero-order chi connectivity index (χ0) is 15.5. The minimum atomic E-state index is -0.890. The predicted molar refractivity (Wildman–Crippen MR) is 80.1 cm³/mol. The summed E-state index contributed by atoms with van der Waals surface area (Å²) >= 11 is 0. The Bertz CT molecular complexity index is 433. The molecule has 0 unspecified atom stereocenters. The quantitative estimate of drug-likeness (QED) is 0.670. The van der Waals surface area contributed by atoms with Crippen LogP contribution in [0.15, 0.2) is 30.3 Å². The molecule has 0 aliphatic heterocycles. The number of rotatable bonds is 10. The second kappa shape index (κ2) is 9.94. The Balaban J connectivity index is 2.03. The first kappa shape index (κ1) is 17.2. The van der Waals surface area contributed by atoms with Crippen LogP contribution in [0.2, 0.25) is 0 Å². The fourth-order valence-corrected chi connectivity index (χ4v) is 1.84. The Kier molecular flexibility index (Phi) is 8.12. The van der Waals surface area contributed by atoms with Crippen LogP contribution in [0.4, 0.5) is 0 Å². The molecule has 5 heteroatoms. The smallest absolute Gasteiger partial charge is 0.305 e. The largest absolute Gasteiger partial charge is 0.481 e. The van der Waals surface area contributed by atoms with Crippen molar-refractivity contribution in [2.75, 3.05) is 26.8 Å². The Hall–Kier alpha value is -1.88. The van der Waals surface area contributed by atoms with Crippen molar-refractivity contribution in [1.82, 2.24) is 4.90 Å². The predicted octanol–water partition coefficient (Wildman–Crippen LogP) is 1.96. The van der Waals surface area contributed by atoms with E-state index in [9.17, 15) is 9.59 Å². The van der Waals surface area contributed by atoms with Crippen LogP contribution in [0.25, 0.3) is 0 Å². The van der Waals surface area contributed by atoms with Crippen LogP contribution in [0.3, 0.4) is 0 Å². The number of hydrogen-bond donors (Lipinski definition) is 1. The summed E-state index contributed by atoms with van der Waals surface area (Å²) in [5.74, 6) is -0.929. The van der Waals surface area contributed by atoms with Crippen molar-refractivity contribution in [2.24, 2.45) is 0 Å². The molecule has 21 heavy (non-hydrogen) atoms. The SMILES string of the molecule is CN(CCC(=O)O)C(=O)CCCOCCc1ccccc1. The highest BCUT2D eigenvalue weighted by Crippen LogP contribution is 2.01. The Morgan fingerprint density at radius 1 is 1.14 bits per heavy atom. The van der Waals surface area contributed by atoms with Gasteiger partial charge in [0.1, 0.15) is 0 Å². The van der Waals surface area contributed by atoms with Crippen LogP contribution in [-0.2, 0) is 20.7 Å². The van der Waals surface area contributed by atoms with Crippen molar-refractivity contribution in [3.05, 3.63) is 35.9 Å². The molecular weight excluding hydrogens is 270 g/mol. The van der Waals surface area contributed by atoms with E-state index in [0.717, 1.165) is 6.42 Å². The maximum absolute atomic E-state index is 11.7. The molecule has 1 rings (SSSR count). The summed E-state index contributed by atoms with van der Waals surface area (Å²) in [6, 6.07) is 10.1. The van der Waals surface area contributed by atoms with Gasteiger partial charge in [-0.05, 0) is 18.4 Å². The third-order valence-electron chi connectivity index (χ3n) is 3.14. The molecule has 116 valence electrons. The average Bonchev–Trinajstić information content (AvgIpc) is 2.49. The van der Waals surface area contributed by atoms with E-state index in [1.165, 1.54) is 10.5 Å². The zero-order valence-electron chi connectivity index (χ0n) is 12.5. The van der Waals surface area contributed by atoms with E-state index in [0.29, 0.717) is 26.1 Å². The van der Waals surface area contributed by atoms with Crippen molar-refractivity contribution < 1.29 is 19.4 Å². The number of carboxylic acid groups (broad SMARTS) is 1. The summed E-state index contributed by atoms with van der Waals surface area (Å²) in [5, 5.41) is 8.55. The fourth-order valence-electron chi connectivity index (χ4n) is 1.84. The summed E-state index contributed by atoms with van der Waals surface area (Å²) in [5.41, 5.74) is 1.24. The number of amides is 1. The highest BCUT2D eigenvalue weighted by molar-refractivity contribution is 5.76. The molecule has 0 saturated heterocycles. The summed E-state index contributed by atoms with van der Waals surface area (Å²) in [6.07, 6.45) is 1.90. The molecule has 0 saturated carbocycles. The monoisotopic (exact) mass is 293 g/mol. The molecule has 1 aromatic rings. The van der Waals surface area contributed by atoms with Gasteiger partial charge in [-0.2, -0.15) is 0 Å². The number of benzene rings is 1. The van der Waals surface area contributed by atoms with Gasteiger partial charge in [-0.3, -0.25) is 9.59 Å². The number of ether oxygens (including phenoxy) is 1. The van der Waals surface area contributed by atoms with Gasteiger partial charge in [0.15, 0.2) is 0 Å². The van der Waals surface area contributed by atoms with Crippen LogP contribution in [0, 0.1) is 0 Å². The lowest BCUT2D eigenvalue weighted by molar-refractivity contribution is -0.138. The van der Waals surface area contributed by atoms with Crippen molar-refractivity contribution in [1.29, 1.82) is 0 Å². The van der Waals surface area contributed by atoms with Gasteiger partial charge in [-0.25, -0.2) is 0 Å². The highest BCUT2D eigenvalue weighted by atomic mass is 16.5. The zero-order valence-corrected chi connectivity index (χ0v) is 12.5. The van der Waals surface area contributed by atoms with E-state index in [2.05, 4.69) is 12.1 Å². The first-order chi connectivity index (χ1) is 10.1. The van der Waals surface area contributed by atoms with E-state index in [4.69, 9.17) is 9.84 Å². The molecule has 0 spiro atoms. The first-order valence-corrected chi connectivity index (χ1v) is 7.17. The fraction of sp³-hybridized carbons (Fsp3) is 0.500. The molecule has 0 fully saturated rings. The lowest BCUT2D eigenvalue weighted by Crippen LogP contribution is -2.29. The molecule has 1 amide bonds. The highest BCUT2D eigenvalue weighted by Gasteiger charge is 2.09. The number of nitrogens with zero attached hydrogens (tertiary/aromatic N) is 1. The van der Waals surface area contributed by atoms with Crippen LogP contribution < -0.4 is 0 Å². The standard InChI is InChI=1S/C16H23NO4/c1-17(11-9-16(19)20)15(18)8-5-12-21-13-10-14-6-3-2-4-7-14/h2-4,6-7H,5,8-13H2,1H3,(H,19,20). The molecule has 0 bridgehead atoms.